The lowest BCUT2D eigenvalue weighted by Crippen LogP contribution is -2.20. The Morgan fingerprint density at radius 2 is 1.44 bits per heavy atom. The second-order valence-electron chi connectivity index (χ2n) is 3.34. The third-order valence-electron chi connectivity index (χ3n) is 1.92. The number of carbonyl (C=O) groups is 2. The van der Waals surface area contributed by atoms with E-state index >= 15 is 0 Å². The number of ether oxygens (including phenoxy) is 3. The van der Waals surface area contributed by atoms with Crippen LogP contribution in [0.15, 0.2) is 0 Å². The number of methoxy groups -OCH3 is 1. The van der Waals surface area contributed by atoms with Crippen molar-refractivity contribution in [2.45, 2.75) is 26.7 Å². The molecule has 0 aromatic carbocycles. The molecule has 0 aromatic heterocycles. The molecule has 0 aliphatic heterocycles. The quantitative estimate of drug-likeness (QED) is 0.587. The van der Waals surface area contributed by atoms with Crippen LogP contribution in [0.4, 0.5) is 0 Å². The third kappa shape index (κ3) is 7.23. The Hall–Kier alpha value is -1.10. The second-order valence-corrected chi connectivity index (χ2v) is 3.34. The van der Waals surface area contributed by atoms with E-state index in [9.17, 15) is 9.59 Å². The summed E-state index contributed by atoms with van der Waals surface area (Å²) in [4.78, 5) is 22.5. The third-order valence-corrected chi connectivity index (χ3v) is 1.92. The van der Waals surface area contributed by atoms with Crippen LogP contribution in [-0.2, 0) is 23.8 Å². The Bertz CT molecular complexity index is 194. The number of carbonyl (C=O) groups excluding carboxylic acids is 2. The minimum absolute atomic E-state index is 0.178. The summed E-state index contributed by atoms with van der Waals surface area (Å²) in [5.41, 5.74) is 0. The first-order valence-corrected chi connectivity index (χ1v) is 5.44. The summed E-state index contributed by atoms with van der Waals surface area (Å²) >= 11 is 0. The highest BCUT2D eigenvalue weighted by atomic mass is 16.5. The maximum absolute atomic E-state index is 11.2. The fourth-order valence-electron chi connectivity index (χ4n) is 1.34. The Kier molecular flexibility index (Phi) is 8.52. The van der Waals surface area contributed by atoms with Gasteiger partial charge in [0.15, 0.2) is 0 Å². The molecule has 0 heterocycles. The van der Waals surface area contributed by atoms with Gasteiger partial charge in [-0.25, -0.2) is 0 Å². The van der Waals surface area contributed by atoms with Crippen LogP contribution in [0.5, 0.6) is 0 Å². The average Bonchev–Trinajstić information content (AvgIpc) is 2.18. The van der Waals surface area contributed by atoms with Gasteiger partial charge in [-0.05, 0) is 13.8 Å². The molecule has 0 rings (SSSR count). The van der Waals surface area contributed by atoms with Crippen molar-refractivity contribution in [1.29, 1.82) is 0 Å². The predicted octanol–water partition coefficient (Wildman–Crippen LogP) is 1.16. The van der Waals surface area contributed by atoms with Crippen molar-refractivity contribution in [3.63, 3.8) is 0 Å². The summed E-state index contributed by atoms with van der Waals surface area (Å²) in [6.07, 6.45) is 0.362. The van der Waals surface area contributed by atoms with Crippen LogP contribution >= 0.6 is 0 Å². The molecular formula is C11H20O5. The standard InChI is InChI=1S/C11H20O5/c1-4-15-10(12)6-9(8-14-3)7-11(13)16-5-2/h9H,4-8H2,1-3H3. The van der Waals surface area contributed by atoms with Crippen molar-refractivity contribution in [2.75, 3.05) is 26.9 Å². The lowest BCUT2D eigenvalue weighted by atomic mass is 10.0. The van der Waals surface area contributed by atoms with Crippen molar-refractivity contribution in [3.05, 3.63) is 0 Å². The van der Waals surface area contributed by atoms with Gasteiger partial charge < -0.3 is 14.2 Å². The van der Waals surface area contributed by atoms with Crippen LogP contribution in [0.1, 0.15) is 26.7 Å². The van der Waals surface area contributed by atoms with Crippen LogP contribution in [0, 0.1) is 5.92 Å². The largest absolute Gasteiger partial charge is 0.466 e. The van der Waals surface area contributed by atoms with Gasteiger partial charge in [-0.2, -0.15) is 0 Å². The first-order chi connectivity index (χ1) is 7.63. The maximum Gasteiger partial charge on any atom is 0.306 e. The molecule has 0 spiro atoms. The van der Waals surface area contributed by atoms with Gasteiger partial charge in [-0.3, -0.25) is 9.59 Å². The molecule has 0 N–H and O–H groups in total. The SMILES string of the molecule is CCOC(=O)CC(COC)CC(=O)OCC. The molecule has 0 amide bonds. The maximum atomic E-state index is 11.2. The van der Waals surface area contributed by atoms with Crippen LogP contribution in [0.2, 0.25) is 0 Å². The second kappa shape index (κ2) is 9.15. The molecule has 0 saturated carbocycles. The minimum Gasteiger partial charge on any atom is -0.466 e. The molecule has 0 bridgehead atoms. The predicted molar refractivity (Wildman–Crippen MR) is 57.9 cm³/mol. The van der Waals surface area contributed by atoms with Gasteiger partial charge in [0.2, 0.25) is 0 Å². The molecule has 16 heavy (non-hydrogen) atoms. The lowest BCUT2D eigenvalue weighted by molar-refractivity contribution is -0.147. The molecule has 0 aliphatic carbocycles. The van der Waals surface area contributed by atoms with Crippen molar-refractivity contribution < 1.29 is 23.8 Å². The van der Waals surface area contributed by atoms with Gasteiger partial charge in [0.25, 0.3) is 0 Å². The fraction of sp³-hybridized carbons (Fsp3) is 0.818. The number of hydrogen-bond acceptors (Lipinski definition) is 5. The smallest absolute Gasteiger partial charge is 0.306 e. The van der Waals surface area contributed by atoms with E-state index in [0.717, 1.165) is 0 Å². The molecule has 5 heteroatoms. The Morgan fingerprint density at radius 1 is 1.00 bits per heavy atom. The normalized spacial score (nSPS) is 10.2. The van der Waals surface area contributed by atoms with E-state index in [4.69, 9.17) is 14.2 Å². The average molecular weight is 232 g/mol. The van der Waals surface area contributed by atoms with Gasteiger partial charge in [0, 0.05) is 13.0 Å². The molecule has 0 atom stereocenters. The number of rotatable bonds is 8. The number of esters is 2. The van der Waals surface area contributed by atoms with Gasteiger partial charge >= 0.3 is 11.9 Å². The summed E-state index contributed by atoms with van der Waals surface area (Å²) < 4.78 is 14.6. The number of hydrogen-bond donors (Lipinski definition) is 0. The molecule has 5 nitrogen and oxygen atoms in total. The highest BCUT2D eigenvalue weighted by Gasteiger charge is 2.19. The highest BCUT2D eigenvalue weighted by Crippen LogP contribution is 2.11. The fourth-order valence-corrected chi connectivity index (χ4v) is 1.34. The zero-order chi connectivity index (χ0) is 12.4. The van der Waals surface area contributed by atoms with E-state index < -0.39 is 0 Å². The van der Waals surface area contributed by atoms with Crippen LogP contribution < -0.4 is 0 Å². The van der Waals surface area contributed by atoms with Crippen molar-refractivity contribution in [1.82, 2.24) is 0 Å². The molecule has 0 aromatic rings. The van der Waals surface area contributed by atoms with Crippen molar-refractivity contribution in [2.24, 2.45) is 5.92 Å². The first-order valence-electron chi connectivity index (χ1n) is 5.44. The molecule has 94 valence electrons. The van der Waals surface area contributed by atoms with E-state index in [0.29, 0.717) is 19.8 Å². The first kappa shape index (κ1) is 14.9. The molecular weight excluding hydrogens is 212 g/mol. The summed E-state index contributed by atoms with van der Waals surface area (Å²) in [6, 6.07) is 0. The van der Waals surface area contributed by atoms with Crippen molar-refractivity contribution >= 4 is 11.9 Å². The Labute approximate surface area is 96.1 Å². The van der Waals surface area contributed by atoms with Gasteiger partial charge in [-0.1, -0.05) is 0 Å². The minimum atomic E-state index is -0.311. The molecule has 0 unspecified atom stereocenters. The summed E-state index contributed by atoms with van der Waals surface area (Å²) in [6.45, 7) is 4.52. The van der Waals surface area contributed by atoms with Crippen LogP contribution in [-0.4, -0.2) is 38.9 Å². The van der Waals surface area contributed by atoms with Gasteiger partial charge in [-0.15, -0.1) is 0 Å². The van der Waals surface area contributed by atoms with E-state index in [-0.39, 0.29) is 30.7 Å². The van der Waals surface area contributed by atoms with Gasteiger partial charge in [0.05, 0.1) is 32.7 Å². The molecule has 0 aliphatic rings. The zero-order valence-electron chi connectivity index (χ0n) is 10.2. The van der Waals surface area contributed by atoms with Crippen molar-refractivity contribution in [3.8, 4) is 0 Å². The molecule has 0 fully saturated rings. The highest BCUT2D eigenvalue weighted by molar-refractivity contribution is 5.73. The summed E-state index contributed by atoms with van der Waals surface area (Å²) in [5, 5.41) is 0. The van der Waals surface area contributed by atoms with E-state index in [2.05, 4.69) is 0 Å². The van der Waals surface area contributed by atoms with E-state index in [1.54, 1.807) is 13.8 Å². The monoisotopic (exact) mass is 232 g/mol. The summed E-state index contributed by atoms with van der Waals surface area (Å²) in [7, 11) is 1.53. The van der Waals surface area contributed by atoms with Gasteiger partial charge in [0.1, 0.15) is 0 Å². The van der Waals surface area contributed by atoms with E-state index in [1.165, 1.54) is 7.11 Å². The van der Waals surface area contributed by atoms with E-state index in [1.807, 2.05) is 0 Å². The topological polar surface area (TPSA) is 61.8 Å². The Morgan fingerprint density at radius 3 is 1.75 bits per heavy atom. The lowest BCUT2D eigenvalue weighted by Gasteiger charge is -2.13. The summed E-state index contributed by atoms with van der Waals surface area (Å²) in [5.74, 6) is -0.800. The zero-order valence-corrected chi connectivity index (χ0v) is 10.2. The van der Waals surface area contributed by atoms with Crippen LogP contribution in [0.3, 0.4) is 0 Å². The molecule has 0 saturated heterocycles. The molecule has 0 radical (unpaired) electrons. The van der Waals surface area contributed by atoms with Crippen LogP contribution in [0.25, 0.3) is 0 Å². The Balaban J connectivity index is 4.05.